The standard InChI is InChI=1S/C25H28N2O4S/c1-3-27(4-2)32(29,30)24-16-12-22(13-17-24)26-25(28)21-10-14-23(15-11-21)31-19-18-20-8-6-5-7-9-20/h5-17H,3-4,18-19H2,1-2H3,(H,26,28). The third-order valence-electron chi connectivity index (χ3n) is 5.07. The number of nitrogens with one attached hydrogen (secondary N) is 1. The molecular formula is C25H28N2O4S. The van der Waals surface area contributed by atoms with Crippen LogP contribution in [0.4, 0.5) is 5.69 Å². The quantitative estimate of drug-likeness (QED) is 0.488. The number of carbonyl (C=O) groups excluding carboxylic acids is 1. The highest BCUT2D eigenvalue weighted by molar-refractivity contribution is 7.89. The van der Waals surface area contributed by atoms with Crippen LogP contribution in [0.3, 0.4) is 0 Å². The topological polar surface area (TPSA) is 75.7 Å². The maximum Gasteiger partial charge on any atom is 0.255 e. The Bertz CT molecular complexity index is 1110. The fourth-order valence-corrected chi connectivity index (χ4v) is 4.72. The predicted molar refractivity (Wildman–Crippen MR) is 127 cm³/mol. The molecule has 32 heavy (non-hydrogen) atoms. The Balaban J connectivity index is 1.56. The Hall–Kier alpha value is -3.16. The molecule has 0 saturated carbocycles. The van der Waals surface area contributed by atoms with E-state index in [1.165, 1.54) is 22.0 Å². The highest BCUT2D eigenvalue weighted by atomic mass is 32.2. The molecule has 7 heteroatoms. The van der Waals surface area contributed by atoms with Crippen LogP contribution in [0.15, 0.2) is 83.8 Å². The third-order valence-corrected chi connectivity index (χ3v) is 7.14. The summed E-state index contributed by atoms with van der Waals surface area (Å²) >= 11 is 0. The summed E-state index contributed by atoms with van der Waals surface area (Å²) in [4.78, 5) is 12.7. The van der Waals surface area contributed by atoms with Gasteiger partial charge in [0.15, 0.2) is 0 Å². The number of ether oxygens (including phenoxy) is 1. The summed E-state index contributed by atoms with van der Waals surface area (Å²) in [6.07, 6.45) is 0.809. The largest absolute Gasteiger partial charge is 0.493 e. The second kappa shape index (κ2) is 10.9. The van der Waals surface area contributed by atoms with Gasteiger partial charge >= 0.3 is 0 Å². The second-order valence-electron chi connectivity index (χ2n) is 7.18. The van der Waals surface area contributed by atoms with Crippen molar-refractivity contribution in [1.29, 1.82) is 0 Å². The first kappa shape index (κ1) is 23.5. The molecule has 168 valence electrons. The summed E-state index contributed by atoms with van der Waals surface area (Å²) in [5, 5.41) is 2.79. The number of benzene rings is 3. The number of hydrogen-bond acceptors (Lipinski definition) is 4. The smallest absolute Gasteiger partial charge is 0.255 e. The summed E-state index contributed by atoms with van der Waals surface area (Å²) in [7, 11) is -3.52. The lowest BCUT2D eigenvalue weighted by Gasteiger charge is -2.18. The second-order valence-corrected chi connectivity index (χ2v) is 9.11. The molecule has 0 atom stereocenters. The minimum atomic E-state index is -3.52. The van der Waals surface area contributed by atoms with Crippen molar-refractivity contribution in [3.63, 3.8) is 0 Å². The van der Waals surface area contributed by atoms with E-state index >= 15 is 0 Å². The highest BCUT2D eigenvalue weighted by Crippen LogP contribution is 2.19. The first-order chi connectivity index (χ1) is 15.4. The van der Waals surface area contributed by atoms with Crippen molar-refractivity contribution in [2.45, 2.75) is 25.2 Å². The molecule has 0 aliphatic rings. The van der Waals surface area contributed by atoms with Crippen LogP contribution < -0.4 is 10.1 Å². The van der Waals surface area contributed by atoms with Crippen LogP contribution in [0.25, 0.3) is 0 Å². The van der Waals surface area contributed by atoms with Crippen LogP contribution in [0.5, 0.6) is 5.75 Å². The Kier molecular flexibility index (Phi) is 8.03. The van der Waals surface area contributed by atoms with Crippen LogP contribution in [-0.4, -0.2) is 38.3 Å². The number of hydrogen-bond donors (Lipinski definition) is 1. The van der Waals surface area contributed by atoms with E-state index in [0.717, 1.165) is 6.42 Å². The maximum absolute atomic E-state index is 12.6. The first-order valence-corrected chi connectivity index (χ1v) is 12.1. The van der Waals surface area contributed by atoms with Crippen LogP contribution in [0.1, 0.15) is 29.8 Å². The average molecular weight is 453 g/mol. The van der Waals surface area contributed by atoms with Crippen molar-refractivity contribution in [3.8, 4) is 5.75 Å². The number of anilines is 1. The van der Waals surface area contributed by atoms with Gasteiger partial charge in [0, 0.05) is 30.8 Å². The predicted octanol–water partition coefficient (Wildman–Crippen LogP) is 4.59. The number of nitrogens with zero attached hydrogens (tertiary/aromatic N) is 1. The number of rotatable bonds is 10. The molecule has 0 bridgehead atoms. The Morgan fingerprint density at radius 3 is 2.09 bits per heavy atom. The monoisotopic (exact) mass is 452 g/mol. The number of sulfonamides is 1. The lowest BCUT2D eigenvalue weighted by Crippen LogP contribution is -2.30. The normalized spacial score (nSPS) is 11.3. The fourth-order valence-electron chi connectivity index (χ4n) is 3.26. The Labute approximate surface area is 189 Å². The van der Waals surface area contributed by atoms with Gasteiger partial charge in [0.25, 0.3) is 5.91 Å². The molecule has 0 unspecified atom stereocenters. The SMILES string of the molecule is CCN(CC)S(=O)(=O)c1ccc(NC(=O)c2ccc(OCCc3ccccc3)cc2)cc1. The molecule has 1 amide bonds. The van der Waals surface area contributed by atoms with E-state index in [0.29, 0.717) is 36.7 Å². The van der Waals surface area contributed by atoms with Crippen molar-refractivity contribution < 1.29 is 17.9 Å². The van der Waals surface area contributed by atoms with E-state index in [-0.39, 0.29) is 10.8 Å². The molecule has 0 radical (unpaired) electrons. The molecule has 0 aliphatic carbocycles. The summed E-state index contributed by atoms with van der Waals surface area (Å²) in [6.45, 7) is 4.97. The zero-order valence-corrected chi connectivity index (χ0v) is 19.1. The third kappa shape index (κ3) is 5.96. The summed E-state index contributed by atoms with van der Waals surface area (Å²) in [5.41, 5.74) is 2.22. The van der Waals surface area contributed by atoms with Gasteiger partial charge in [-0.2, -0.15) is 4.31 Å². The van der Waals surface area contributed by atoms with Gasteiger partial charge in [-0.3, -0.25) is 4.79 Å². The molecule has 0 fully saturated rings. The van der Waals surface area contributed by atoms with Gasteiger partial charge in [-0.05, 0) is 54.1 Å². The zero-order chi connectivity index (χ0) is 23.0. The van der Waals surface area contributed by atoms with Gasteiger partial charge in [-0.15, -0.1) is 0 Å². The Morgan fingerprint density at radius 1 is 0.875 bits per heavy atom. The molecule has 3 aromatic rings. The molecule has 3 aromatic carbocycles. The van der Waals surface area contributed by atoms with Gasteiger partial charge in [-0.1, -0.05) is 44.2 Å². The molecule has 0 saturated heterocycles. The zero-order valence-electron chi connectivity index (χ0n) is 18.3. The minimum absolute atomic E-state index is 0.205. The van der Waals surface area contributed by atoms with E-state index < -0.39 is 10.0 Å². The lowest BCUT2D eigenvalue weighted by molar-refractivity contribution is 0.102. The van der Waals surface area contributed by atoms with Crippen molar-refractivity contribution in [3.05, 3.63) is 90.0 Å². The summed E-state index contributed by atoms with van der Waals surface area (Å²) < 4.78 is 32.3. The van der Waals surface area contributed by atoms with Crippen LogP contribution in [0.2, 0.25) is 0 Å². The summed E-state index contributed by atoms with van der Waals surface area (Å²) in [5.74, 6) is 0.420. The van der Waals surface area contributed by atoms with E-state index in [4.69, 9.17) is 4.74 Å². The van der Waals surface area contributed by atoms with E-state index in [1.807, 2.05) is 18.2 Å². The van der Waals surface area contributed by atoms with Crippen molar-refractivity contribution in [1.82, 2.24) is 4.31 Å². The van der Waals surface area contributed by atoms with Crippen LogP contribution in [0, 0.1) is 0 Å². The fraction of sp³-hybridized carbons (Fsp3) is 0.240. The molecule has 3 rings (SSSR count). The van der Waals surface area contributed by atoms with Crippen molar-refractivity contribution in [2.24, 2.45) is 0 Å². The average Bonchev–Trinajstić information content (AvgIpc) is 2.81. The van der Waals surface area contributed by atoms with Gasteiger partial charge in [0.05, 0.1) is 11.5 Å². The molecule has 6 nitrogen and oxygen atoms in total. The van der Waals surface area contributed by atoms with Crippen LogP contribution >= 0.6 is 0 Å². The molecule has 0 aliphatic heterocycles. The minimum Gasteiger partial charge on any atom is -0.493 e. The van der Waals surface area contributed by atoms with E-state index in [1.54, 1.807) is 50.2 Å². The van der Waals surface area contributed by atoms with Gasteiger partial charge in [0.2, 0.25) is 10.0 Å². The van der Waals surface area contributed by atoms with Crippen molar-refractivity contribution in [2.75, 3.05) is 25.0 Å². The maximum atomic E-state index is 12.6. The highest BCUT2D eigenvalue weighted by Gasteiger charge is 2.21. The number of carbonyl (C=O) groups is 1. The molecule has 0 heterocycles. The van der Waals surface area contributed by atoms with Crippen molar-refractivity contribution >= 4 is 21.6 Å². The molecule has 1 N–H and O–H groups in total. The van der Waals surface area contributed by atoms with Gasteiger partial charge < -0.3 is 10.1 Å². The van der Waals surface area contributed by atoms with E-state index in [9.17, 15) is 13.2 Å². The van der Waals surface area contributed by atoms with Gasteiger partial charge in [0.1, 0.15) is 5.75 Å². The Morgan fingerprint density at radius 2 is 1.50 bits per heavy atom. The lowest BCUT2D eigenvalue weighted by atomic mass is 10.2. The molecule has 0 aromatic heterocycles. The molecule has 0 spiro atoms. The summed E-state index contributed by atoms with van der Waals surface area (Å²) in [6, 6.07) is 23.2. The van der Waals surface area contributed by atoms with E-state index in [2.05, 4.69) is 17.4 Å². The van der Waals surface area contributed by atoms with Gasteiger partial charge in [-0.25, -0.2) is 8.42 Å². The van der Waals surface area contributed by atoms with Crippen LogP contribution in [-0.2, 0) is 16.4 Å². The first-order valence-electron chi connectivity index (χ1n) is 10.6. The number of amides is 1. The molecular weight excluding hydrogens is 424 g/mol.